The van der Waals surface area contributed by atoms with Gasteiger partial charge in [-0.05, 0) is 52.2 Å². The highest BCUT2D eigenvalue weighted by Gasteiger charge is 2.05. The van der Waals surface area contributed by atoms with Crippen molar-refractivity contribution in [3.63, 3.8) is 0 Å². The van der Waals surface area contributed by atoms with E-state index < -0.39 is 0 Å². The monoisotopic (exact) mass is 286 g/mol. The Morgan fingerprint density at radius 1 is 1.29 bits per heavy atom. The van der Waals surface area contributed by atoms with Crippen molar-refractivity contribution in [2.45, 2.75) is 6.92 Å². The minimum absolute atomic E-state index is 0.782. The van der Waals surface area contributed by atoms with Crippen molar-refractivity contribution >= 4 is 38.9 Å². The normalized spacial score (nSPS) is 10.5. The SMILES string of the molecule is Cc1sc(Br)cc1-c1cccc(Cl)c1. The first-order valence-electron chi connectivity index (χ1n) is 4.18. The molecule has 0 spiro atoms. The van der Waals surface area contributed by atoms with Crippen LogP contribution >= 0.6 is 38.9 Å². The Labute approximate surface area is 101 Å². The number of halogens is 2. The molecule has 0 unspecified atom stereocenters. The second-order valence-electron chi connectivity index (χ2n) is 3.03. The van der Waals surface area contributed by atoms with E-state index in [0.29, 0.717) is 0 Å². The van der Waals surface area contributed by atoms with Crippen LogP contribution in [0.3, 0.4) is 0 Å². The lowest BCUT2D eigenvalue weighted by molar-refractivity contribution is 1.58. The molecule has 2 rings (SSSR count). The summed E-state index contributed by atoms with van der Waals surface area (Å²) < 4.78 is 1.16. The van der Waals surface area contributed by atoms with Crippen molar-refractivity contribution in [3.8, 4) is 11.1 Å². The van der Waals surface area contributed by atoms with Crippen LogP contribution in [0, 0.1) is 6.92 Å². The Balaban J connectivity index is 2.54. The van der Waals surface area contributed by atoms with Crippen LogP contribution in [0.1, 0.15) is 4.88 Å². The van der Waals surface area contributed by atoms with Crippen molar-refractivity contribution in [2.75, 3.05) is 0 Å². The third-order valence-electron chi connectivity index (χ3n) is 2.02. The third kappa shape index (κ3) is 2.02. The minimum atomic E-state index is 0.782. The number of aryl methyl sites for hydroxylation is 1. The van der Waals surface area contributed by atoms with Crippen molar-refractivity contribution in [1.29, 1.82) is 0 Å². The molecule has 1 aromatic heterocycles. The summed E-state index contributed by atoms with van der Waals surface area (Å²) in [5.74, 6) is 0. The van der Waals surface area contributed by atoms with Crippen LogP contribution in [0.4, 0.5) is 0 Å². The van der Waals surface area contributed by atoms with Crippen LogP contribution in [0.5, 0.6) is 0 Å². The molecule has 0 saturated heterocycles. The summed E-state index contributed by atoms with van der Waals surface area (Å²) in [5, 5.41) is 0.782. The molecule has 0 N–H and O–H groups in total. The smallest absolute Gasteiger partial charge is 0.0707 e. The van der Waals surface area contributed by atoms with Gasteiger partial charge in [-0.2, -0.15) is 0 Å². The number of thiophene rings is 1. The van der Waals surface area contributed by atoms with E-state index >= 15 is 0 Å². The van der Waals surface area contributed by atoms with Gasteiger partial charge in [0, 0.05) is 9.90 Å². The van der Waals surface area contributed by atoms with Crippen molar-refractivity contribution in [3.05, 3.63) is 44.0 Å². The first-order valence-corrected chi connectivity index (χ1v) is 6.17. The van der Waals surface area contributed by atoms with Crippen LogP contribution in [-0.4, -0.2) is 0 Å². The lowest BCUT2D eigenvalue weighted by Crippen LogP contribution is -1.75. The topological polar surface area (TPSA) is 0 Å². The first kappa shape index (κ1) is 10.2. The summed E-state index contributed by atoms with van der Waals surface area (Å²) >= 11 is 11.2. The van der Waals surface area contributed by atoms with E-state index in [4.69, 9.17) is 11.6 Å². The fraction of sp³-hybridized carbons (Fsp3) is 0.0909. The number of hydrogen-bond donors (Lipinski definition) is 0. The Morgan fingerprint density at radius 2 is 2.07 bits per heavy atom. The second kappa shape index (κ2) is 4.05. The van der Waals surface area contributed by atoms with Crippen molar-refractivity contribution in [1.82, 2.24) is 0 Å². The van der Waals surface area contributed by atoms with E-state index in [1.807, 2.05) is 18.2 Å². The van der Waals surface area contributed by atoms with Gasteiger partial charge in [0.1, 0.15) is 0 Å². The van der Waals surface area contributed by atoms with E-state index in [-0.39, 0.29) is 0 Å². The zero-order chi connectivity index (χ0) is 10.1. The molecule has 0 aliphatic carbocycles. The summed E-state index contributed by atoms with van der Waals surface area (Å²) in [7, 11) is 0. The van der Waals surface area contributed by atoms with E-state index in [1.165, 1.54) is 16.0 Å². The van der Waals surface area contributed by atoms with E-state index in [1.54, 1.807) is 11.3 Å². The number of rotatable bonds is 1. The van der Waals surface area contributed by atoms with Crippen LogP contribution in [-0.2, 0) is 0 Å². The average Bonchev–Trinajstić information content (AvgIpc) is 2.45. The molecule has 0 aliphatic heterocycles. The van der Waals surface area contributed by atoms with Gasteiger partial charge in [-0.1, -0.05) is 23.7 Å². The standard InChI is InChI=1S/C11H8BrClS/c1-7-10(6-11(12)14-7)8-3-2-4-9(13)5-8/h2-6H,1H3. The average molecular weight is 288 g/mol. The molecule has 0 aliphatic rings. The molecule has 0 atom stereocenters. The zero-order valence-corrected chi connectivity index (χ0v) is 10.7. The lowest BCUT2D eigenvalue weighted by Gasteiger charge is -1.99. The van der Waals surface area contributed by atoms with Gasteiger partial charge in [-0.25, -0.2) is 0 Å². The molecule has 0 fully saturated rings. The fourth-order valence-corrected chi connectivity index (χ4v) is 3.29. The molecule has 0 bridgehead atoms. The number of hydrogen-bond acceptors (Lipinski definition) is 1. The maximum Gasteiger partial charge on any atom is 0.0707 e. The summed E-state index contributed by atoms with van der Waals surface area (Å²) in [6.07, 6.45) is 0. The molecule has 0 radical (unpaired) electrons. The van der Waals surface area contributed by atoms with Gasteiger partial charge in [0.2, 0.25) is 0 Å². The molecule has 14 heavy (non-hydrogen) atoms. The molecule has 2 aromatic rings. The highest BCUT2D eigenvalue weighted by Crippen LogP contribution is 2.34. The van der Waals surface area contributed by atoms with Gasteiger partial charge < -0.3 is 0 Å². The second-order valence-corrected chi connectivity index (χ2v) is 6.10. The summed E-state index contributed by atoms with van der Waals surface area (Å²) in [6, 6.07) is 10.1. The maximum absolute atomic E-state index is 5.95. The molecular weight excluding hydrogens is 280 g/mol. The van der Waals surface area contributed by atoms with Crippen molar-refractivity contribution < 1.29 is 0 Å². The van der Waals surface area contributed by atoms with E-state index in [2.05, 4.69) is 35.0 Å². The van der Waals surface area contributed by atoms with Gasteiger partial charge in [-0.3, -0.25) is 0 Å². The minimum Gasteiger partial charge on any atom is -0.133 e. The van der Waals surface area contributed by atoms with Gasteiger partial charge in [0.05, 0.1) is 3.79 Å². The highest BCUT2D eigenvalue weighted by atomic mass is 79.9. The Hall–Kier alpha value is -0.310. The zero-order valence-electron chi connectivity index (χ0n) is 7.55. The van der Waals surface area contributed by atoms with Crippen LogP contribution in [0.15, 0.2) is 34.1 Å². The van der Waals surface area contributed by atoms with Crippen LogP contribution in [0.25, 0.3) is 11.1 Å². The van der Waals surface area contributed by atoms with Crippen LogP contribution < -0.4 is 0 Å². The highest BCUT2D eigenvalue weighted by molar-refractivity contribution is 9.11. The van der Waals surface area contributed by atoms with Gasteiger partial charge in [0.15, 0.2) is 0 Å². The largest absolute Gasteiger partial charge is 0.133 e. The molecule has 3 heteroatoms. The van der Waals surface area contributed by atoms with E-state index in [9.17, 15) is 0 Å². The lowest BCUT2D eigenvalue weighted by atomic mass is 10.1. The fourth-order valence-electron chi connectivity index (χ4n) is 1.39. The maximum atomic E-state index is 5.95. The molecular formula is C11H8BrClS. The Morgan fingerprint density at radius 3 is 2.64 bits per heavy atom. The van der Waals surface area contributed by atoms with Crippen molar-refractivity contribution in [2.24, 2.45) is 0 Å². The molecule has 72 valence electrons. The van der Waals surface area contributed by atoms with Gasteiger partial charge >= 0.3 is 0 Å². The molecule has 0 nitrogen and oxygen atoms in total. The Kier molecular flexibility index (Phi) is 2.96. The predicted molar refractivity (Wildman–Crippen MR) is 67.2 cm³/mol. The third-order valence-corrected chi connectivity index (χ3v) is 3.81. The van der Waals surface area contributed by atoms with Gasteiger partial charge in [0.25, 0.3) is 0 Å². The molecule has 1 aromatic carbocycles. The first-order chi connectivity index (χ1) is 6.66. The molecule has 0 saturated carbocycles. The number of benzene rings is 1. The van der Waals surface area contributed by atoms with E-state index in [0.717, 1.165) is 8.81 Å². The van der Waals surface area contributed by atoms with Gasteiger partial charge in [-0.15, -0.1) is 11.3 Å². The predicted octanol–water partition coefficient (Wildman–Crippen LogP) is 5.14. The Bertz CT molecular complexity index is 462. The summed E-state index contributed by atoms with van der Waals surface area (Å²) in [5.41, 5.74) is 2.43. The summed E-state index contributed by atoms with van der Waals surface area (Å²) in [6.45, 7) is 2.12. The molecule has 0 amide bonds. The molecule has 1 heterocycles. The summed E-state index contributed by atoms with van der Waals surface area (Å²) in [4.78, 5) is 1.30. The van der Waals surface area contributed by atoms with Crippen LogP contribution in [0.2, 0.25) is 5.02 Å². The quantitative estimate of drug-likeness (QED) is 0.681.